The van der Waals surface area contributed by atoms with Crippen LogP contribution in [0.5, 0.6) is 0 Å². The van der Waals surface area contributed by atoms with Gasteiger partial charge >= 0.3 is 6.18 Å². The second kappa shape index (κ2) is 3.38. The summed E-state index contributed by atoms with van der Waals surface area (Å²) >= 11 is 0. The van der Waals surface area contributed by atoms with Crippen LogP contribution >= 0.6 is 0 Å². The first-order valence-corrected chi connectivity index (χ1v) is 5.12. The number of benzene rings is 2. The molecule has 1 aromatic heterocycles. The molecule has 0 aliphatic carbocycles. The highest BCUT2D eigenvalue weighted by molar-refractivity contribution is 6.05. The largest absolute Gasteiger partial charge is 0.423 e. The van der Waals surface area contributed by atoms with Crippen LogP contribution in [0.4, 0.5) is 19.2 Å². The van der Waals surface area contributed by atoms with Crippen LogP contribution in [-0.2, 0) is 6.18 Å². The number of hydrogen-bond donors (Lipinski definition) is 1. The standard InChI is InChI=1S/C12H7F3N2O/c13-12(14,15)8-5-9-10(18-11(16)17-9)7-4-2-1-3-6(7)8/h1-5H,(H2,16,17). The molecule has 92 valence electrons. The van der Waals surface area contributed by atoms with Gasteiger partial charge in [0, 0.05) is 5.39 Å². The summed E-state index contributed by atoms with van der Waals surface area (Å²) in [6.45, 7) is 0. The first-order chi connectivity index (χ1) is 8.47. The van der Waals surface area contributed by atoms with E-state index in [0.29, 0.717) is 5.39 Å². The zero-order chi connectivity index (χ0) is 12.9. The number of hydrogen-bond acceptors (Lipinski definition) is 3. The maximum atomic E-state index is 13.0. The van der Waals surface area contributed by atoms with E-state index in [1.807, 2.05) is 0 Å². The molecule has 18 heavy (non-hydrogen) atoms. The number of alkyl halides is 3. The van der Waals surface area contributed by atoms with E-state index in [2.05, 4.69) is 4.98 Å². The maximum absolute atomic E-state index is 13.0. The average molecular weight is 252 g/mol. The normalized spacial score (nSPS) is 12.4. The molecule has 3 rings (SSSR count). The van der Waals surface area contributed by atoms with Gasteiger partial charge in [0.25, 0.3) is 6.01 Å². The number of halogens is 3. The van der Waals surface area contributed by atoms with Crippen LogP contribution in [0.1, 0.15) is 5.56 Å². The summed E-state index contributed by atoms with van der Waals surface area (Å²) in [4.78, 5) is 3.75. The Morgan fingerprint density at radius 3 is 2.44 bits per heavy atom. The third kappa shape index (κ3) is 1.49. The smallest absolute Gasteiger partial charge is 0.417 e. The van der Waals surface area contributed by atoms with Crippen LogP contribution in [-0.4, -0.2) is 4.98 Å². The Balaban J connectivity index is 2.54. The van der Waals surface area contributed by atoms with Gasteiger partial charge in [-0.25, -0.2) is 0 Å². The van der Waals surface area contributed by atoms with Gasteiger partial charge in [0.05, 0.1) is 5.56 Å². The molecule has 0 aliphatic rings. The molecular formula is C12H7F3N2O. The van der Waals surface area contributed by atoms with E-state index in [9.17, 15) is 13.2 Å². The van der Waals surface area contributed by atoms with E-state index in [-0.39, 0.29) is 22.5 Å². The quantitative estimate of drug-likeness (QED) is 0.665. The summed E-state index contributed by atoms with van der Waals surface area (Å²) < 4.78 is 44.0. The third-order valence-electron chi connectivity index (χ3n) is 2.72. The van der Waals surface area contributed by atoms with Crippen molar-refractivity contribution in [3.63, 3.8) is 0 Å². The lowest BCUT2D eigenvalue weighted by Gasteiger charge is -2.10. The molecule has 3 aromatic rings. The van der Waals surface area contributed by atoms with Crippen molar-refractivity contribution in [2.24, 2.45) is 0 Å². The van der Waals surface area contributed by atoms with Gasteiger partial charge in [-0.3, -0.25) is 0 Å². The van der Waals surface area contributed by atoms with Crippen molar-refractivity contribution in [3.05, 3.63) is 35.9 Å². The van der Waals surface area contributed by atoms with Gasteiger partial charge in [0.15, 0.2) is 5.58 Å². The monoisotopic (exact) mass is 252 g/mol. The summed E-state index contributed by atoms with van der Waals surface area (Å²) in [7, 11) is 0. The fraction of sp³-hybridized carbons (Fsp3) is 0.0833. The third-order valence-corrected chi connectivity index (χ3v) is 2.72. The van der Waals surface area contributed by atoms with Gasteiger partial charge in [-0.05, 0) is 11.5 Å². The van der Waals surface area contributed by atoms with Crippen LogP contribution in [0.15, 0.2) is 34.7 Å². The molecule has 3 nitrogen and oxygen atoms in total. The molecule has 0 aliphatic heterocycles. The zero-order valence-corrected chi connectivity index (χ0v) is 8.95. The van der Waals surface area contributed by atoms with E-state index in [1.54, 1.807) is 18.2 Å². The summed E-state index contributed by atoms with van der Waals surface area (Å²) in [5.74, 6) is 0. The van der Waals surface area contributed by atoms with Crippen molar-refractivity contribution in [3.8, 4) is 0 Å². The van der Waals surface area contributed by atoms with Crippen LogP contribution in [0.3, 0.4) is 0 Å². The van der Waals surface area contributed by atoms with Gasteiger partial charge in [-0.2, -0.15) is 18.2 Å². The minimum Gasteiger partial charge on any atom is -0.423 e. The van der Waals surface area contributed by atoms with Crippen molar-refractivity contribution in [2.75, 3.05) is 5.73 Å². The fourth-order valence-electron chi connectivity index (χ4n) is 2.00. The van der Waals surface area contributed by atoms with Crippen LogP contribution < -0.4 is 5.73 Å². The van der Waals surface area contributed by atoms with Gasteiger partial charge in [-0.1, -0.05) is 24.3 Å². The number of nitrogens with two attached hydrogens (primary N) is 1. The van der Waals surface area contributed by atoms with Gasteiger partial charge in [0.1, 0.15) is 5.52 Å². The van der Waals surface area contributed by atoms with Crippen molar-refractivity contribution >= 4 is 27.9 Å². The van der Waals surface area contributed by atoms with Crippen molar-refractivity contribution in [2.45, 2.75) is 6.18 Å². The van der Waals surface area contributed by atoms with Gasteiger partial charge in [0.2, 0.25) is 0 Å². The lowest BCUT2D eigenvalue weighted by molar-refractivity contribution is -0.136. The topological polar surface area (TPSA) is 52.0 Å². The van der Waals surface area contributed by atoms with Crippen LogP contribution in [0.2, 0.25) is 0 Å². The molecule has 0 atom stereocenters. The Labute approximate surface area is 99.0 Å². The second-order valence-electron chi connectivity index (χ2n) is 3.87. The van der Waals surface area contributed by atoms with Gasteiger partial charge in [-0.15, -0.1) is 0 Å². The molecule has 0 unspecified atom stereocenters. The van der Waals surface area contributed by atoms with E-state index in [0.717, 1.165) is 6.07 Å². The maximum Gasteiger partial charge on any atom is 0.417 e. The van der Waals surface area contributed by atoms with E-state index in [1.165, 1.54) is 6.07 Å². The Morgan fingerprint density at radius 2 is 1.78 bits per heavy atom. The summed E-state index contributed by atoms with van der Waals surface area (Å²) in [6.07, 6.45) is -4.44. The molecule has 6 heteroatoms. The van der Waals surface area contributed by atoms with E-state index in [4.69, 9.17) is 10.2 Å². The van der Waals surface area contributed by atoms with Crippen molar-refractivity contribution in [1.82, 2.24) is 4.98 Å². The molecule has 0 saturated heterocycles. The number of fused-ring (bicyclic) bond motifs is 3. The average Bonchev–Trinajstić information content (AvgIpc) is 2.67. The highest BCUT2D eigenvalue weighted by Crippen LogP contribution is 2.38. The Morgan fingerprint density at radius 1 is 1.11 bits per heavy atom. The molecule has 0 radical (unpaired) electrons. The lowest BCUT2D eigenvalue weighted by Crippen LogP contribution is -2.05. The molecule has 2 N–H and O–H groups in total. The highest BCUT2D eigenvalue weighted by Gasteiger charge is 2.33. The number of oxazole rings is 1. The number of nitrogens with zero attached hydrogens (tertiary/aromatic N) is 1. The first-order valence-electron chi connectivity index (χ1n) is 5.12. The first kappa shape index (κ1) is 10.9. The molecule has 0 spiro atoms. The summed E-state index contributed by atoms with van der Waals surface area (Å²) in [6, 6.07) is 6.95. The van der Waals surface area contributed by atoms with Gasteiger partial charge < -0.3 is 10.2 Å². The van der Waals surface area contributed by atoms with Crippen molar-refractivity contribution < 1.29 is 17.6 Å². The van der Waals surface area contributed by atoms with E-state index < -0.39 is 11.7 Å². The van der Waals surface area contributed by atoms with Crippen molar-refractivity contribution in [1.29, 1.82) is 0 Å². The highest BCUT2D eigenvalue weighted by atomic mass is 19.4. The molecular weight excluding hydrogens is 245 g/mol. The minimum absolute atomic E-state index is 0.0775. The molecule has 0 bridgehead atoms. The van der Waals surface area contributed by atoms with E-state index >= 15 is 0 Å². The number of nitrogen functional groups attached to an aromatic ring is 1. The molecule has 0 fully saturated rings. The summed E-state index contributed by atoms with van der Waals surface area (Å²) in [5, 5.41) is 0.431. The molecule has 1 heterocycles. The Bertz CT molecular complexity index is 746. The Hall–Kier alpha value is -2.24. The SMILES string of the molecule is Nc1nc2cc(C(F)(F)F)c3ccccc3c2o1. The Kier molecular flexibility index (Phi) is 2.04. The lowest BCUT2D eigenvalue weighted by atomic mass is 10.0. The predicted octanol–water partition coefficient (Wildman–Crippen LogP) is 3.58. The second-order valence-corrected chi connectivity index (χ2v) is 3.87. The minimum atomic E-state index is -4.44. The molecule has 2 aromatic carbocycles. The molecule has 0 amide bonds. The number of aromatic nitrogens is 1. The fourth-order valence-corrected chi connectivity index (χ4v) is 2.00. The zero-order valence-electron chi connectivity index (χ0n) is 8.95. The van der Waals surface area contributed by atoms with Crippen LogP contribution in [0, 0.1) is 0 Å². The summed E-state index contributed by atoms with van der Waals surface area (Å²) in [5.41, 5.74) is 5.03. The van der Waals surface area contributed by atoms with Crippen LogP contribution in [0.25, 0.3) is 21.9 Å². The number of anilines is 1. The number of rotatable bonds is 0. The predicted molar refractivity (Wildman–Crippen MR) is 60.9 cm³/mol. The molecule has 0 saturated carbocycles.